The summed E-state index contributed by atoms with van der Waals surface area (Å²) < 4.78 is 10.8. The van der Waals surface area contributed by atoms with E-state index in [4.69, 9.17) is 9.47 Å². The molecule has 0 atom stereocenters. The lowest BCUT2D eigenvalue weighted by molar-refractivity contribution is 0.184. The van der Waals surface area contributed by atoms with Crippen LogP contribution in [0.4, 0.5) is 5.82 Å². The van der Waals surface area contributed by atoms with E-state index in [0.717, 1.165) is 5.82 Å². The van der Waals surface area contributed by atoms with Gasteiger partial charge in [0.15, 0.2) is 0 Å². The van der Waals surface area contributed by atoms with Crippen molar-refractivity contribution in [1.29, 1.82) is 0 Å². The van der Waals surface area contributed by atoms with E-state index in [-0.39, 0.29) is 6.10 Å². The van der Waals surface area contributed by atoms with Gasteiger partial charge in [-0.15, -0.1) is 0 Å². The number of ether oxygens (including phenoxy) is 2. The molecule has 0 amide bonds. The van der Waals surface area contributed by atoms with E-state index in [2.05, 4.69) is 27.4 Å². The van der Waals surface area contributed by atoms with Gasteiger partial charge >= 0.3 is 0 Å². The number of methoxy groups -OCH3 is 1. The lowest BCUT2D eigenvalue weighted by Gasteiger charge is -2.12. The van der Waals surface area contributed by atoms with Crippen LogP contribution in [0, 0.1) is 0 Å². The minimum Gasteiger partial charge on any atom is -0.475 e. The summed E-state index contributed by atoms with van der Waals surface area (Å²) in [5, 5.41) is 3.29. The van der Waals surface area contributed by atoms with Crippen LogP contribution in [0.5, 0.6) is 5.88 Å². The van der Waals surface area contributed by atoms with Gasteiger partial charge in [-0.3, -0.25) is 0 Å². The number of rotatable bonds is 7. The average Bonchev–Trinajstić information content (AvgIpc) is 2.46. The molecule has 1 N–H and O–H groups in total. The third-order valence-corrected chi connectivity index (χ3v) is 2.88. The summed E-state index contributed by atoms with van der Waals surface area (Å²) in [5.41, 5.74) is 2.35. The minimum absolute atomic E-state index is 0.0928. The van der Waals surface area contributed by atoms with Crippen molar-refractivity contribution in [3.05, 3.63) is 47.8 Å². The van der Waals surface area contributed by atoms with Crippen LogP contribution in [-0.4, -0.2) is 23.2 Å². The van der Waals surface area contributed by atoms with Crippen molar-refractivity contribution >= 4 is 5.82 Å². The summed E-state index contributed by atoms with van der Waals surface area (Å²) in [4.78, 5) is 8.29. The Labute approximate surface area is 125 Å². The molecule has 112 valence electrons. The van der Waals surface area contributed by atoms with Gasteiger partial charge in [-0.25, -0.2) is 9.97 Å². The highest BCUT2D eigenvalue weighted by Gasteiger charge is 2.04. The summed E-state index contributed by atoms with van der Waals surface area (Å²) in [7, 11) is 1.70. The van der Waals surface area contributed by atoms with E-state index in [0.29, 0.717) is 19.0 Å². The first-order valence-corrected chi connectivity index (χ1v) is 6.97. The van der Waals surface area contributed by atoms with Gasteiger partial charge in [0.25, 0.3) is 0 Å². The van der Waals surface area contributed by atoms with Crippen molar-refractivity contribution in [2.75, 3.05) is 12.4 Å². The molecule has 1 heterocycles. The Kier molecular flexibility index (Phi) is 5.51. The van der Waals surface area contributed by atoms with Crippen molar-refractivity contribution in [2.24, 2.45) is 0 Å². The predicted molar refractivity (Wildman–Crippen MR) is 82.3 cm³/mol. The smallest absolute Gasteiger partial charge is 0.218 e. The van der Waals surface area contributed by atoms with Crippen molar-refractivity contribution < 1.29 is 9.47 Å². The molecule has 0 aliphatic heterocycles. The molecule has 0 saturated carbocycles. The van der Waals surface area contributed by atoms with E-state index in [1.807, 2.05) is 26.0 Å². The second-order valence-corrected chi connectivity index (χ2v) is 4.96. The zero-order valence-corrected chi connectivity index (χ0v) is 12.7. The van der Waals surface area contributed by atoms with Crippen molar-refractivity contribution in [3.63, 3.8) is 0 Å². The molecule has 21 heavy (non-hydrogen) atoms. The van der Waals surface area contributed by atoms with Gasteiger partial charge < -0.3 is 14.8 Å². The van der Waals surface area contributed by atoms with Crippen LogP contribution in [0.1, 0.15) is 25.0 Å². The highest BCUT2D eigenvalue weighted by Crippen LogP contribution is 2.15. The van der Waals surface area contributed by atoms with Gasteiger partial charge in [0.05, 0.1) is 12.7 Å². The maximum atomic E-state index is 5.56. The molecule has 5 heteroatoms. The number of nitrogens with one attached hydrogen (secondary N) is 1. The molecule has 1 aromatic heterocycles. The first kappa shape index (κ1) is 15.3. The molecule has 5 nitrogen and oxygen atoms in total. The number of anilines is 1. The lowest BCUT2D eigenvalue weighted by Crippen LogP contribution is -2.09. The largest absolute Gasteiger partial charge is 0.475 e. The molecular formula is C16H21N3O2. The molecule has 0 bridgehead atoms. The molecule has 2 aromatic rings. The van der Waals surface area contributed by atoms with Gasteiger partial charge in [0, 0.05) is 19.7 Å². The van der Waals surface area contributed by atoms with Crippen molar-refractivity contribution in [3.8, 4) is 5.88 Å². The molecule has 0 aliphatic carbocycles. The summed E-state index contributed by atoms with van der Waals surface area (Å²) in [6, 6.07) is 9.97. The highest BCUT2D eigenvalue weighted by atomic mass is 16.5. The van der Waals surface area contributed by atoms with E-state index in [9.17, 15) is 0 Å². The maximum absolute atomic E-state index is 5.56. The SMILES string of the molecule is COCc1ccccc1CNc1cc(OC(C)C)ncn1. The summed E-state index contributed by atoms with van der Waals surface area (Å²) >= 11 is 0. The Hall–Kier alpha value is -2.14. The fourth-order valence-corrected chi connectivity index (χ4v) is 1.95. The number of hydrogen-bond acceptors (Lipinski definition) is 5. The number of nitrogens with zero attached hydrogens (tertiary/aromatic N) is 2. The summed E-state index contributed by atoms with van der Waals surface area (Å²) in [5.74, 6) is 1.32. The molecule has 0 saturated heterocycles. The molecule has 0 spiro atoms. The Balaban J connectivity index is 2.03. The number of aromatic nitrogens is 2. The van der Waals surface area contributed by atoms with E-state index in [1.54, 1.807) is 13.2 Å². The van der Waals surface area contributed by atoms with Crippen LogP contribution in [0.25, 0.3) is 0 Å². The van der Waals surface area contributed by atoms with Crippen molar-refractivity contribution in [1.82, 2.24) is 9.97 Å². The normalized spacial score (nSPS) is 10.7. The Morgan fingerprint density at radius 3 is 2.62 bits per heavy atom. The molecule has 0 unspecified atom stereocenters. The van der Waals surface area contributed by atoms with E-state index >= 15 is 0 Å². The Morgan fingerprint density at radius 2 is 1.90 bits per heavy atom. The van der Waals surface area contributed by atoms with Gasteiger partial charge in [0.1, 0.15) is 12.1 Å². The predicted octanol–water partition coefficient (Wildman–Crippen LogP) is 3.02. The second kappa shape index (κ2) is 7.59. The molecular weight excluding hydrogens is 266 g/mol. The molecule has 1 aromatic carbocycles. The van der Waals surface area contributed by atoms with Crippen molar-refractivity contribution in [2.45, 2.75) is 33.1 Å². The number of hydrogen-bond donors (Lipinski definition) is 1. The second-order valence-electron chi connectivity index (χ2n) is 4.96. The first-order chi connectivity index (χ1) is 10.2. The topological polar surface area (TPSA) is 56.3 Å². The van der Waals surface area contributed by atoms with Crippen LogP contribution < -0.4 is 10.1 Å². The summed E-state index contributed by atoms with van der Waals surface area (Å²) in [6.07, 6.45) is 1.59. The van der Waals surface area contributed by atoms with Crippen LogP contribution in [0.15, 0.2) is 36.7 Å². The van der Waals surface area contributed by atoms with E-state index < -0.39 is 0 Å². The Morgan fingerprint density at radius 1 is 1.14 bits per heavy atom. The zero-order valence-electron chi connectivity index (χ0n) is 12.7. The fraction of sp³-hybridized carbons (Fsp3) is 0.375. The van der Waals surface area contributed by atoms with E-state index in [1.165, 1.54) is 17.5 Å². The Bertz CT molecular complexity index is 573. The molecule has 0 aliphatic rings. The third kappa shape index (κ3) is 4.72. The number of benzene rings is 1. The van der Waals surface area contributed by atoms with Crippen LogP contribution >= 0.6 is 0 Å². The van der Waals surface area contributed by atoms with Crippen LogP contribution in [0.2, 0.25) is 0 Å². The quantitative estimate of drug-likeness (QED) is 0.848. The summed E-state index contributed by atoms with van der Waals surface area (Å²) in [6.45, 7) is 5.22. The van der Waals surface area contributed by atoms with Gasteiger partial charge in [-0.1, -0.05) is 24.3 Å². The maximum Gasteiger partial charge on any atom is 0.218 e. The monoisotopic (exact) mass is 287 g/mol. The van der Waals surface area contributed by atoms with Crippen LogP contribution in [0.3, 0.4) is 0 Å². The highest BCUT2D eigenvalue weighted by molar-refractivity contribution is 5.39. The van der Waals surface area contributed by atoms with Crippen LogP contribution in [-0.2, 0) is 17.9 Å². The average molecular weight is 287 g/mol. The molecule has 0 radical (unpaired) electrons. The zero-order chi connectivity index (χ0) is 15.1. The van der Waals surface area contributed by atoms with Gasteiger partial charge in [-0.05, 0) is 25.0 Å². The molecule has 2 rings (SSSR count). The lowest BCUT2D eigenvalue weighted by atomic mass is 10.1. The minimum atomic E-state index is 0.0928. The third-order valence-electron chi connectivity index (χ3n) is 2.88. The van der Waals surface area contributed by atoms with Gasteiger partial charge in [0.2, 0.25) is 5.88 Å². The standard InChI is InChI=1S/C16H21N3O2/c1-12(2)21-16-8-15(18-11-19-16)17-9-13-6-4-5-7-14(13)10-20-3/h4-8,11-12H,9-10H2,1-3H3,(H,17,18,19). The first-order valence-electron chi connectivity index (χ1n) is 6.97. The van der Waals surface area contributed by atoms with Gasteiger partial charge in [-0.2, -0.15) is 0 Å². The molecule has 0 fully saturated rings. The fourth-order valence-electron chi connectivity index (χ4n) is 1.95.